The molecule has 0 unspecified atom stereocenters. The Bertz CT molecular complexity index is 534. The average molecular weight is 245 g/mol. The minimum absolute atomic E-state index is 0.0639. The van der Waals surface area contributed by atoms with Crippen LogP contribution in [-0.2, 0) is 20.2 Å². The quantitative estimate of drug-likeness (QED) is 0.894. The van der Waals surface area contributed by atoms with E-state index in [1.165, 1.54) is 0 Å². The van der Waals surface area contributed by atoms with Gasteiger partial charge in [0.05, 0.1) is 12.8 Å². The van der Waals surface area contributed by atoms with E-state index in [2.05, 4.69) is 22.1 Å². The zero-order chi connectivity index (χ0) is 13.1. The number of aliphatic hydroxyl groups is 1. The van der Waals surface area contributed by atoms with Gasteiger partial charge in [-0.1, -0.05) is 17.7 Å². The molecule has 4 heteroatoms. The molecule has 1 heterocycles. The first-order valence-electron chi connectivity index (χ1n) is 5.99. The summed E-state index contributed by atoms with van der Waals surface area (Å²) in [6.07, 6.45) is 3.87. The average Bonchev–Trinajstić information content (AvgIpc) is 2.74. The van der Waals surface area contributed by atoms with Crippen LogP contribution in [0.15, 0.2) is 30.6 Å². The van der Waals surface area contributed by atoms with Gasteiger partial charge in [0.2, 0.25) is 0 Å². The molecule has 4 nitrogen and oxygen atoms in total. The summed E-state index contributed by atoms with van der Waals surface area (Å²) in [6.45, 7) is 2.88. The van der Waals surface area contributed by atoms with E-state index in [9.17, 15) is 5.11 Å². The van der Waals surface area contributed by atoms with Crippen LogP contribution in [0.1, 0.15) is 16.7 Å². The maximum atomic E-state index is 9.42. The molecule has 0 amide bonds. The van der Waals surface area contributed by atoms with Crippen LogP contribution in [0.5, 0.6) is 0 Å². The fraction of sp³-hybridized carbons (Fsp3) is 0.357. The summed E-state index contributed by atoms with van der Waals surface area (Å²) >= 11 is 0. The normalized spacial score (nSPS) is 10.7. The first kappa shape index (κ1) is 12.6. The molecule has 0 aliphatic heterocycles. The minimum atomic E-state index is 0.0639. The number of rotatable bonds is 4. The number of aliphatic hydroxyl groups excluding tert-OH is 1. The van der Waals surface area contributed by atoms with Crippen molar-refractivity contribution in [1.82, 2.24) is 9.78 Å². The zero-order valence-corrected chi connectivity index (χ0v) is 11.1. The summed E-state index contributed by atoms with van der Waals surface area (Å²) < 4.78 is 1.80. The Morgan fingerprint density at radius 2 is 2.17 bits per heavy atom. The summed E-state index contributed by atoms with van der Waals surface area (Å²) in [5, 5.41) is 13.6. The Labute approximate surface area is 107 Å². The van der Waals surface area contributed by atoms with Gasteiger partial charge in [-0.15, -0.1) is 0 Å². The van der Waals surface area contributed by atoms with Crippen LogP contribution in [-0.4, -0.2) is 21.9 Å². The van der Waals surface area contributed by atoms with Crippen molar-refractivity contribution in [2.75, 3.05) is 11.9 Å². The number of aromatic nitrogens is 2. The zero-order valence-electron chi connectivity index (χ0n) is 11.1. The van der Waals surface area contributed by atoms with Gasteiger partial charge in [0.25, 0.3) is 0 Å². The minimum Gasteiger partial charge on any atom is -0.392 e. The SMILES string of the molecule is Cc1ccc(N(C)Cc2cnn(C)c2)c(CO)c1. The third-order valence-electron chi connectivity index (χ3n) is 2.99. The number of hydrogen-bond donors (Lipinski definition) is 1. The Kier molecular flexibility index (Phi) is 3.67. The number of nitrogens with zero attached hydrogens (tertiary/aromatic N) is 3. The Morgan fingerprint density at radius 1 is 1.39 bits per heavy atom. The highest BCUT2D eigenvalue weighted by Gasteiger charge is 2.08. The van der Waals surface area contributed by atoms with Crippen molar-refractivity contribution in [1.29, 1.82) is 0 Å². The van der Waals surface area contributed by atoms with E-state index in [1.54, 1.807) is 4.68 Å². The van der Waals surface area contributed by atoms with Crippen molar-refractivity contribution < 1.29 is 5.11 Å². The lowest BCUT2D eigenvalue weighted by Gasteiger charge is -2.21. The first-order chi connectivity index (χ1) is 8.60. The van der Waals surface area contributed by atoms with Crippen molar-refractivity contribution in [3.63, 3.8) is 0 Å². The van der Waals surface area contributed by atoms with E-state index in [-0.39, 0.29) is 6.61 Å². The van der Waals surface area contributed by atoms with E-state index < -0.39 is 0 Å². The highest BCUT2D eigenvalue weighted by Crippen LogP contribution is 2.22. The first-order valence-corrected chi connectivity index (χ1v) is 5.99. The predicted octanol–water partition coefficient (Wildman–Crippen LogP) is 1.86. The summed E-state index contributed by atoms with van der Waals surface area (Å²) in [7, 11) is 3.94. The van der Waals surface area contributed by atoms with Crippen molar-refractivity contribution in [2.24, 2.45) is 7.05 Å². The molecule has 2 aromatic rings. The second-order valence-corrected chi connectivity index (χ2v) is 4.67. The van der Waals surface area contributed by atoms with Crippen LogP contribution in [0, 0.1) is 6.92 Å². The molecule has 0 aliphatic rings. The smallest absolute Gasteiger partial charge is 0.0702 e. The molecule has 0 radical (unpaired) electrons. The molecule has 1 aromatic carbocycles. The standard InChI is InChI=1S/C14H19N3O/c1-11-4-5-14(13(6-11)10-18)16(2)8-12-7-15-17(3)9-12/h4-7,9,18H,8,10H2,1-3H3. The summed E-state index contributed by atoms with van der Waals surface area (Å²) in [6, 6.07) is 6.14. The van der Waals surface area contributed by atoms with Crippen LogP contribution < -0.4 is 4.90 Å². The second-order valence-electron chi connectivity index (χ2n) is 4.67. The predicted molar refractivity (Wildman–Crippen MR) is 72.4 cm³/mol. The van der Waals surface area contributed by atoms with Gasteiger partial charge in [-0.25, -0.2) is 0 Å². The molecule has 1 aromatic heterocycles. The van der Waals surface area contributed by atoms with Gasteiger partial charge in [0, 0.05) is 43.7 Å². The maximum absolute atomic E-state index is 9.42. The second kappa shape index (κ2) is 5.23. The number of benzene rings is 1. The highest BCUT2D eigenvalue weighted by atomic mass is 16.3. The molecule has 0 spiro atoms. The molecular weight excluding hydrogens is 226 g/mol. The van der Waals surface area contributed by atoms with Gasteiger partial charge in [-0.05, 0) is 13.0 Å². The van der Waals surface area contributed by atoms with Gasteiger partial charge in [-0.2, -0.15) is 5.10 Å². The monoisotopic (exact) mass is 245 g/mol. The van der Waals surface area contributed by atoms with Crippen LogP contribution in [0.2, 0.25) is 0 Å². The third kappa shape index (κ3) is 2.71. The Balaban J connectivity index is 2.20. The fourth-order valence-electron chi connectivity index (χ4n) is 2.13. The fourth-order valence-corrected chi connectivity index (χ4v) is 2.13. The number of hydrogen-bond acceptors (Lipinski definition) is 3. The van der Waals surface area contributed by atoms with Crippen molar-refractivity contribution in [3.05, 3.63) is 47.3 Å². The van der Waals surface area contributed by atoms with Crippen LogP contribution >= 0.6 is 0 Å². The third-order valence-corrected chi connectivity index (χ3v) is 2.99. The van der Waals surface area contributed by atoms with Crippen molar-refractivity contribution in [3.8, 4) is 0 Å². The van der Waals surface area contributed by atoms with Gasteiger partial charge < -0.3 is 10.0 Å². The van der Waals surface area contributed by atoms with Gasteiger partial charge in [-0.3, -0.25) is 4.68 Å². The highest BCUT2D eigenvalue weighted by molar-refractivity contribution is 5.54. The molecule has 18 heavy (non-hydrogen) atoms. The molecule has 1 N–H and O–H groups in total. The lowest BCUT2D eigenvalue weighted by molar-refractivity contribution is 0.282. The van der Waals surface area contributed by atoms with Crippen LogP contribution in [0.4, 0.5) is 5.69 Å². The largest absolute Gasteiger partial charge is 0.392 e. The lowest BCUT2D eigenvalue weighted by Crippen LogP contribution is -2.17. The topological polar surface area (TPSA) is 41.3 Å². The summed E-state index contributed by atoms with van der Waals surface area (Å²) in [4.78, 5) is 2.13. The number of anilines is 1. The van der Waals surface area contributed by atoms with Gasteiger partial charge in [0.15, 0.2) is 0 Å². The van der Waals surface area contributed by atoms with Crippen LogP contribution in [0.25, 0.3) is 0 Å². The molecule has 0 atom stereocenters. The maximum Gasteiger partial charge on any atom is 0.0702 e. The van der Waals surface area contributed by atoms with E-state index in [0.717, 1.165) is 28.9 Å². The van der Waals surface area contributed by atoms with Crippen LogP contribution in [0.3, 0.4) is 0 Å². The summed E-state index contributed by atoms with van der Waals surface area (Å²) in [5.74, 6) is 0. The van der Waals surface area contributed by atoms with E-state index in [0.29, 0.717) is 0 Å². The molecule has 0 aliphatic carbocycles. The Morgan fingerprint density at radius 3 is 2.78 bits per heavy atom. The van der Waals surface area contributed by atoms with E-state index in [4.69, 9.17) is 0 Å². The van der Waals surface area contributed by atoms with Crippen molar-refractivity contribution in [2.45, 2.75) is 20.1 Å². The number of aryl methyl sites for hydroxylation is 2. The molecule has 0 fully saturated rings. The molecule has 0 saturated carbocycles. The molecular formula is C14H19N3O. The lowest BCUT2D eigenvalue weighted by atomic mass is 10.1. The van der Waals surface area contributed by atoms with Crippen molar-refractivity contribution >= 4 is 5.69 Å². The summed E-state index contributed by atoms with van der Waals surface area (Å²) in [5.41, 5.74) is 4.34. The van der Waals surface area contributed by atoms with E-state index >= 15 is 0 Å². The molecule has 2 rings (SSSR count). The van der Waals surface area contributed by atoms with E-state index in [1.807, 2.05) is 39.5 Å². The molecule has 0 saturated heterocycles. The van der Waals surface area contributed by atoms with Gasteiger partial charge in [0.1, 0.15) is 0 Å². The molecule has 0 bridgehead atoms. The molecule has 96 valence electrons. The Hall–Kier alpha value is -1.81. The van der Waals surface area contributed by atoms with Gasteiger partial charge >= 0.3 is 0 Å².